The van der Waals surface area contributed by atoms with Gasteiger partial charge in [-0.3, -0.25) is 4.79 Å². The molecule has 6 heteroatoms. The minimum atomic E-state index is -0.362. The Morgan fingerprint density at radius 1 is 1.21 bits per heavy atom. The van der Waals surface area contributed by atoms with Gasteiger partial charge in [0.2, 0.25) is 5.91 Å². The lowest BCUT2D eigenvalue weighted by Crippen LogP contribution is -2.24. The number of nitrogens with one attached hydrogen (secondary N) is 1. The quantitative estimate of drug-likeness (QED) is 0.603. The molecule has 1 aromatic heterocycles. The molecule has 0 radical (unpaired) electrons. The van der Waals surface area contributed by atoms with Gasteiger partial charge in [0.25, 0.3) is 0 Å². The molecule has 3 rings (SSSR count). The van der Waals surface area contributed by atoms with Gasteiger partial charge in [-0.25, -0.2) is 4.39 Å². The van der Waals surface area contributed by atoms with Crippen molar-refractivity contribution in [1.82, 2.24) is 15.4 Å². The van der Waals surface area contributed by atoms with Crippen LogP contribution in [0.2, 0.25) is 0 Å². The molecule has 2 aromatic carbocycles. The first kappa shape index (κ1) is 20.5. The molecule has 1 unspecified atom stereocenters. The van der Waals surface area contributed by atoms with E-state index in [1.165, 1.54) is 18.2 Å². The van der Waals surface area contributed by atoms with Crippen molar-refractivity contribution >= 4 is 12.0 Å². The molecule has 3 aromatic rings. The molecule has 5 nitrogen and oxygen atoms in total. The van der Waals surface area contributed by atoms with Crippen molar-refractivity contribution in [3.05, 3.63) is 83.4 Å². The zero-order chi connectivity index (χ0) is 20.8. The number of amides is 1. The van der Waals surface area contributed by atoms with E-state index in [-0.39, 0.29) is 17.8 Å². The van der Waals surface area contributed by atoms with Gasteiger partial charge >= 0.3 is 0 Å². The Bertz CT molecular complexity index is 1010. The second-order valence-corrected chi connectivity index (χ2v) is 7.13. The molecule has 0 aliphatic carbocycles. The fourth-order valence-electron chi connectivity index (χ4n) is 2.92. The largest absolute Gasteiger partial charge is 0.359 e. The highest BCUT2D eigenvalue weighted by Crippen LogP contribution is 2.23. The van der Waals surface area contributed by atoms with Crippen LogP contribution in [0.4, 0.5) is 4.39 Å². The van der Waals surface area contributed by atoms with Crippen LogP contribution in [0.5, 0.6) is 0 Å². The number of hydrogen-bond acceptors (Lipinski definition) is 4. The van der Waals surface area contributed by atoms with Crippen molar-refractivity contribution in [2.24, 2.45) is 0 Å². The average molecular weight is 393 g/mol. The van der Waals surface area contributed by atoms with Crippen LogP contribution < -0.4 is 5.32 Å². The molecule has 0 aliphatic heterocycles. The van der Waals surface area contributed by atoms with Crippen LogP contribution in [0, 0.1) is 5.82 Å². The summed E-state index contributed by atoms with van der Waals surface area (Å²) in [6.45, 7) is 2.57. The number of carbonyl (C=O) groups is 1. The van der Waals surface area contributed by atoms with Crippen LogP contribution >= 0.6 is 0 Å². The molecule has 0 spiro atoms. The number of benzene rings is 2. The standard InChI is InChI=1S/C23H24FN3O2/c1-16(25-23(28)12-11-17-7-4-5-10-21(17)24)18-8-6-9-19(13-18)22-14-20(29-26-22)15-27(2)3/h4-14,16H,15H2,1-3H3,(H,25,28). The molecule has 1 amide bonds. The first-order valence-corrected chi connectivity index (χ1v) is 9.36. The summed E-state index contributed by atoms with van der Waals surface area (Å²) in [4.78, 5) is 14.2. The Balaban J connectivity index is 1.67. The minimum Gasteiger partial charge on any atom is -0.359 e. The molecule has 29 heavy (non-hydrogen) atoms. The van der Waals surface area contributed by atoms with E-state index in [1.54, 1.807) is 18.2 Å². The lowest BCUT2D eigenvalue weighted by molar-refractivity contribution is -0.117. The van der Waals surface area contributed by atoms with Crippen molar-refractivity contribution < 1.29 is 13.7 Å². The summed E-state index contributed by atoms with van der Waals surface area (Å²) >= 11 is 0. The maximum Gasteiger partial charge on any atom is 0.244 e. The highest BCUT2D eigenvalue weighted by molar-refractivity contribution is 5.92. The van der Waals surface area contributed by atoms with Crippen molar-refractivity contribution in [1.29, 1.82) is 0 Å². The van der Waals surface area contributed by atoms with Gasteiger partial charge in [-0.15, -0.1) is 0 Å². The van der Waals surface area contributed by atoms with E-state index in [9.17, 15) is 9.18 Å². The molecular formula is C23H24FN3O2. The van der Waals surface area contributed by atoms with Crippen molar-refractivity contribution in [2.45, 2.75) is 19.5 Å². The Kier molecular flexibility index (Phi) is 6.57. The summed E-state index contributed by atoms with van der Waals surface area (Å²) < 4.78 is 19.0. The maximum atomic E-state index is 13.6. The van der Waals surface area contributed by atoms with E-state index in [4.69, 9.17) is 4.52 Å². The molecule has 1 N–H and O–H groups in total. The fraction of sp³-hybridized carbons (Fsp3) is 0.217. The Morgan fingerprint density at radius 2 is 2.00 bits per heavy atom. The van der Waals surface area contributed by atoms with Gasteiger partial charge in [0.15, 0.2) is 5.76 Å². The lowest BCUT2D eigenvalue weighted by Gasteiger charge is -2.13. The van der Waals surface area contributed by atoms with E-state index < -0.39 is 0 Å². The first-order valence-electron chi connectivity index (χ1n) is 9.36. The summed E-state index contributed by atoms with van der Waals surface area (Å²) in [5.74, 6) is 0.134. The maximum absolute atomic E-state index is 13.6. The summed E-state index contributed by atoms with van der Waals surface area (Å²) in [5, 5.41) is 7.03. The summed E-state index contributed by atoms with van der Waals surface area (Å²) in [5.41, 5.74) is 2.98. The SMILES string of the molecule is CC(NC(=O)C=Cc1ccccc1F)c1cccc(-c2cc(CN(C)C)on2)c1. The van der Waals surface area contributed by atoms with Crippen molar-refractivity contribution in [2.75, 3.05) is 14.1 Å². The van der Waals surface area contributed by atoms with Crippen LogP contribution in [0.15, 0.2) is 65.2 Å². The van der Waals surface area contributed by atoms with Crippen LogP contribution in [0.25, 0.3) is 17.3 Å². The zero-order valence-electron chi connectivity index (χ0n) is 16.7. The predicted molar refractivity (Wildman–Crippen MR) is 111 cm³/mol. The number of nitrogens with zero attached hydrogens (tertiary/aromatic N) is 2. The molecule has 0 saturated carbocycles. The first-order chi connectivity index (χ1) is 13.9. The van der Waals surface area contributed by atoms with Crippen LogP contribution in [0.3, 0.4) is 0 Å². The molecule has 1 atom stereocenters. The Morgan fingerprint density at radius 3 is 2.76 bits per heavy atom. The van der Waals surface area contributed by atoms with Gasteiger partial charge in [0.05, 0.1) is 12.6 Å². The van der Waals surface area contributed by atoms with Gasteiger partial charge in [-0.1, -0.05) is 41.6 Å². The van der Waals surface area contributed by atoms with Gasteiger partial charge in [0, 0.05) is 23.3 Å². The molecule has 0 saturated heterocycles. The Hall–Kier alpha value is -3.25. The third-order valence-electron chi connectivity index (χ3n) is 4.39. The second-order valence-electron chi connectivity index (χ2n) is 7.13. The summed E-state index contributed by atoms with van der Waals surface area (Å²) in [7, 11) is 3.93. The monoisotopic (exact) mass is 393 g/mol. The van der Waals surface area contributed by atoms with E-state index >= 15 is 0 Å². The van der Waals surface area contributed by atoms with Crippen molar-refractivity contribution in [3.63, 3.8) is 0 Å². The molecule has 150 valence electrons. The highest BCUT2D eigenvalue weighted by Gasteiger charge is 2.12. The van der Waals surface area contributed by atoms with Crippen molar-refractivity contribution in [3.8, 4) is 11.3 Å². The lowest BCUT2D eigenvalue weighted by atomic mass is 10.0. The number of hydrogen-bond donors (Lipinski definition) is 1. The summed E-state index contributed by atoms with van der Waals surface area (Å²) in [6.07, 6.45) is 2.80. The molecule has 0 bridgehead atoms. The molecule has 0 fully saturated rings. The zero-order valence-corrected chi connectivity index (χ0v) is 16.7. The third kappa shape index (κ3) is 5.62. The van der Waals surface area contributed by atoms with E-state index in [0.29, 0.717) is 12.1 Å². The van der Waals surface area contributed by atoms with Gasteiger partial charge in [-0.2, -0.15) is 0 Å². The summed E-state index contributed by atoms with van der Waals surface area (Å²) in [6, 6.07) is 15.8. The van der Waals surface area contributed by atoms with Crippen LogP contribution in [-0.4, -0.2) is 30.1 Å². The topological polar surface area (TPSA) is 58.4 Å². The fourth-order valence-corrected chi connectivity index (χ4v) is 2.92. The van der Waals surface area contributed by atoms with E-state index in [1.807, 2.05) is 56.3 Å². The van der Waals surface area contributed by atoms with E-state index in [2.05, 4.69) is 10.5 Å². The second kappa shape index (κ2) is 9.30. The molecule has 1 heterocycles. The number of rotatable bonds is 7. The third-order valence-corrected chi connectivity index (χ3v) is 4.39. The highest BCUT2D eigenvalue weighted by atomic mass is 19.1. The number of aromatic nitrogens is 1. The predicted octanol–water partition coefficient (Wildman–Crippen LogP) is 4.43. The van der Waals surface area contributed by atoms with E-state index in [0.717, 1.165) is 22.6 Å². The number of carbonyl (C=O) groups excluding carboxylic acids is 1. The normalized spacial score (nSPS) is 12.4. The van der Waals surface area contributed by atoms with Gasteiger partial charge in [0.1, 0.15) is 11.5 Å². The molecule has 0 aliphatic rings. The van der Waals surface area contributed by atoms with Gasteiger partial charge < -0.3 is 14.7 Å². The van der Waals surface area contributed by atoms with Crippen LogP contribution in [-0.2, 0) is 11.3 Å². The number of halogens is 1. The smallest absolute Gasteiger partial charge is 0.244 e. The van der Waals surface area contributed by atoms with Gasteiger partial charge in [-0.05, 0) is 44.8 Å². The minimum absolute atomic E-state index is 0.221. The molecular weight excluding hydrogens is 369 g/mol. The average Bonchev–Trinajstić information content (AvgIpc) is 3.15. The Labute approximate surface area is 169 Å². The van der Waals surface area contributed by atoms with Crippen LogP contribution in [0.1, 0.15) is 29.9 Å².